The number of carbonyl (C=O) groups excluding carboxylic acids is 1. The van der Waals surface area contributed by atoms with E-state index >= 15 is 0 Å². The second-order valence-electron chi connectivity index (χ2n) is 6.96. The summed E-state index contributed by atoms with van der Waals surface area (Å²) in [6.45, 7) is 3.31. The molecule has 150 valence electrons. The van der Waals surface area contributed by atoms with Crippen molar-refractivity contribution in [3.63, 3.8) is 0 Å². The van der Waals surface area contributed by atoms with Crippen molar-refractivity contribution in [3.05, 3.63) is 74.6 Å². The number of fused-ring (bicyclic) bond motifs is 1. The van der Waals surface area contributed by atoms with E-state index in [0.29, 0.717) is 41.7 Å². The predicted octanol–water partition coefficient (Wildman–Crippen LogP) is 3.30. The maximum absolute atomic E-state index is 12.7. The van der Waals surface area contributed by atoms with E-state index in [1.165, 1.54) is 6.92 Å². The lowest BCUT2D eigenvalue weighted by Crippen LogP contribution is -2.35. The van der Waals surface area contributed by atoms with Crippen molar-refractivity contribution in [2.45, 2.75) is 33.0 Å². The molecule has 0 radical (unpaired) electrons. The highest BCUT2D eigenvalue weighted by atomic mass is 35.5. The summed E-state index contributed by atoms with van der Waals surface area (Å²) in [6, 6.07) is 10.9. The molecular weight excluding hydrogens is 394 g/mol. The fraction of sp³-hybridized carbons (Fsp3) is 0.286. The largest absolute Gasteiger partial charge is 0.461 e. The van der Waals surface area contributed by atoms with Crippen molar-refractivity contribution < 1.29 is 13.9 Å². The Balaban J connectivity index is 1.47. The number of hydrogen-bond acceptors (Lipinski definition) is 6. The van der Waals surface area contributed by atoms with Crippen LogP contribution >= 0.6 is 11.6 Å². The van der Waals surface area contributed by atoms with Gasteiger partial charge in [-0.1, -0.05) is 11.6 Å². The molecule has 0 atom stereocenters. The minimum atomic E-state index is -0.347. The van der Waals surface area contributed by atoms with Crippen molar-refractivity contribution in [2.75, 3.05) is 6.54 Å². The first-order chi connectivity index (χ1) is 14.0. The van der Waals surface area contributed by atoms with Gasteiger partial charge in [-0.2, -0.15) is 0 Å². The molecular formula is C21H20ClN3O4. The van der Waals surface area contributed by atoms with Gasteiger partial charge < -0.3 is 14.1 Å². The molecule has 2 aromatic heterocycles. The molecule has 8 heteroatoms. The van der Waals surface area contributed by atoms with Gasteiger partial charge in [0, 0.05) is 37.0 Å². The Morgan fingerprint density at radius 1 is 1.24 bits per heavy atom. The van der Waals surface area contributed by atoms with Crippen LogP contribution in [0.3, 0.4) is 0 Å². The van der Waals surface area contributed by atoms with Crippen molar-refractivity contribution in [1.29, 1.82) is 0 Å². The number of nitrogens with zero attached hydrogens (tertiary/aromatic N) is 2. The summed E-state index contributed by atoms with van der Waals surface area (Å²) >= 11 is 5.93. The molecule has 3 heterocycles. The molecule has 0 bridgehead atoms. The normalized spacial score (nSPS) is 13.9. The van der Waals surface area contributed by atoms with Gasteiger partial charge in [-0.25, -0.2) is 4.98 Å². The van der Waals surface area contributed by atoms with Crippen molar-refractivity contribution in [1.82, 2.24) is 14.9 Å². The maximum atomic E-state index is 12.7. The van der Waals surface area contributed by atoms with Gasteiger partial charge in [0.05, 0.1) is 17.8 Å². The first-order valence-electron chi connectivity index (χ1n) is 9.29. The van der Waals surface area contributed by atoms with Crippen LogP contribution in [0.4, 0.5) is 0 Å². The van der Waals surface area contributed by atoms with Crippen LogP contribution in [0.15, 0.2) is 45.6 Å². The minimum absolute atomic E-state index is 0.120. The lowest BCUT2D eigenvalue weighted by atomic mass is 10.1. The standard InChI is InChI=1S/C21H20ClN3O4/c1-13(26)28-12-17-7-6-16(29-17)10-25-9-8-19-18(11-25)21(27)24-20(23-19)14-2-4-15(22)5-3-14/h2-7H,8-12H2,1H3,(H,23,24,27). The zero-order chi connectivity index (χ0) is 20.4. The summed E-state index contributed by atoms with van der Waals surface area (Å²) in [5, 5.41) is 0.638. The Labute approximate surface area is 172 Å². The van der Waals surface area contributed by atoms with Crippen LogP contribution in [0.1, 0.15) is 29.7 Å². The van der Waals surface area contributed by atoms with Gasteiger partial charge in [0.1, 0.15) is 24.0 Å². The summed E-state index contributed by atoms with van der Waals surface area (Å²) in [7, 11) is 0. The molecule has 0 spiro atoms. The number of hydrogen-bond donors (Lipinski definition) is 1. The van der Waals surface area contributed by atoms with E-state index in [1.807, 2.05) is 18.2 Å². The van der Waals surface area contributed by atoms with Crippen molar-refractivity contribution in [2.24, 2.45) is 0 Å². The maximum Gasteiger partial charge on any atom is 0.303 e. The van der Waals surface area contributed by atoms with Gasteiger partial charge >= 0.3 is 5.97 Å². The van der Waals surface area contributed by atoms with Crippen LogP contribution in [0.25, 0.3) is 11.4 Å². The number of carbonyl (C=O) groups is 1. The molecule has 1 aliphatic heterocycles. The third-order valence-electron chi connectivity index (χ3n) is 4.78. The molecule has 1 aromatic carbocycles. The number of aromatic nitrogens is 2. The van der Waals surface area contributed by atoms with Gasteiger partial charge in [0.15, 0.2) is 0 Å². The Hall–Kier alpha value is -2.90. The molecule has 29 heavy (non-hydrogen) atoms. The van der Waals surface area contributed by atoms with Crippen LogP contribution in [0.5, 0.6) is 0 Å². The molecule has 0 fully saturated rings. The van der Waals surface area contributed by atoms with E-state index in [0.717, 1.165) is 23.6 Å². The number of rotatable bonds is 5. The quantitative estimate of drug-likeness (QED) is 0.645. The fourth-order valence-electron chi connectivity index (χ4n) is 3.34. The summed E-state index contributed by atoms with van der Waals surface area (Å²) in [5.74, 6) is 1.57. The van der Waals surface area contributed by atoms with Gasteiger partial charge in [-0.15, -0.1) is 0 Å². The highest BCUT2D eigenvalue weighted by molar-refractivity contribution is 6.30. The molecule has 4 rings (SSSR count). The Morgan fingerprint density at radius 3 is 2.76 bits per heavy atom. The SMILES string of the molecule is CC(=O)OCc1ccc(CN2CCc3nc(-c4ccc(Cl)cc4)[nH]c(=O)c3C2)o1. The van der Waals surface area contributed by atoms with Gasteiger partial charge in [-0.05, 0) is 36.4 Å². The highest BCUT2D eigenvalue weighted by Crippen LogP contribution is 2.22. The Kier molecular flexibility index (Phi) is 5.51. The smallest absolute Gasteiger partial charge is 0.303 e. The molecule has 1 aliphatic rings. The zero-order valence-corrected chi connectivity index (χ0v) is 16.7. The second-order valence-corrected chi connectivity index (χ2v) is 7.39. The summed E-state index contributed by atoms with van der Waals surface area (Å²) < 4.78 is 10.7. The molecule has 1 N–H and O–H groups in total. The average molecular weight is 414 g/mol. The Morgan fingerprint density at radius 2 is 2.00 bits per heavy atom. The molecule has 3 aromatic rings. The second kappa shape index (κ2) is 8.23. The number of esters is 1. The summed E-state index contributed by atoms with van der Waals surface area (Å²) in [5.41, 5.74) is 2.21. The van der Waals surface area contributed by atoms with Crippen LogP contribution in [-0.2, 0) is 35.6 Å². The lowest BCUT2D eigenvalue weighted by molar-refractivity contribution is -0.142. The molecule has 0 amide bonds. The number of furan rings is 1. The topological polar surface area (TPSA) is 88.4 Å². The van der Waals surface area contributed by atoms with E-state index in [9.17, 15) is 9.59 Å². The zero-order valence-electron chi connectivity index (χ0n) is 15.9. The molecule has 7 nitrogen and oxygen atoms in total. The fourth-order valence-corrected chi connectivity index (χ4v) is 3.46. The van der Waals surface area contributed by atoms with Crippen LogP contribution < -0.4 is 5.56 Å². The Bertz CT molecular complexity index is 1090. The monoisotopic (exact) mass is 413 g/mol. The van der Waals surface area contributed by atoms with E-state index in [2.05, 4.69) is 14.9 Å². The first kappa shape index (κ1) is 19.4. The number of halogens is 1. The van der Waals surface area contributed by atoms with E-state index in [1.54, 1.807) is 18.2 Å². The minimum Gasteiger partial charge on any atom is -0.461 e. The number of H-pyrrole nitrogens is 1. The number of ether oxygens (including phenoxy) is 1. The summed E-state index contributed by atoms with van der Waals surface area (Å²) in [4.78, 5) is 33.2. The third-order valence-corrected chi connectivity index (χ3v) is 5.03. The predicted molar refractivity (Wildman–Crippen MR) is 107 cm³/mol. The van der Waals surface area contributed by atoms with Gasteiger partial charge in [0.2, 0.25) is 0 Å². The van der Waals surface area contributed by atoms with Gasteiger partial charge in [-0.3, -0.25) is 14.5 Å². The van der Waals surface area contributed by atoms with Gasteiger partial charge in [0.25, 0.3) is 5.56 Å². The molecule has 0 unspecified atom stereocenters. The van der Waals surface area contributed by atoms with Crippen molar-refractivity contribution >= 4 is 17.6 Å². The van der Waals surface area contributed by atoms with E-state index < -0.39 is 0 Å². The first-order valence-corrected chi connectivity index (χ1v) is 9.67. The summed E-state index contributed by atoms with van der Waals surface area (Å²) in [6.07, 6.45) is 0.681. The lowest BCUT2D eigenvalue weighted by Gasteiger charge is -2.26. The number of nitrogens with one attached hydrogen (secondary N) is 1. The number of benzene rings is 1. The average Bonchev–Trinajstić information content (AvgIpc) is 3.14. The van der Waals surface area contributed by atoms with Crippen LogP contribution in [0.2, 0.25) is 5.02 Å². The van der Waals surface area contributed by atoms with Crippen molar-refractivity contribution in [3.8, 4) is 11.4 Å². The molecule has 0 aliphatic carbocycles. The third kappa shape index (κ3) is 4.58. The molecule has 0 saturated heterocycles. The van der Waals surface area contributed by atoms with E-state index in [-0.39, 0.29) is 18.1 Å². The molecule has 0 saturated carbocycles. The van der Waals surface area contributed by atoms with Crippen LogP contribution in [0, 0.1) is 0 Å². The van der Waals surface area contributed by atoms with Crippen LogP contribution in [-0.4, -0.2) is 27.4 Å². The number of aromatic amines is 1. The highest BCUT2D eigenvalue weighted by Gasteiger charge is 2.22. The van der Waals surface area contributed by atoms with E-state index in [4.69, 9.17) is 20.8 Å².